The van der Waals surface area contributed by atoms with Gasteiger partial charge in [0.2, 0.25) is 0 Å². The Hall–Kier alpha value is 0.628. The molecular formula is C8H22O6Si4. The molecule has 10 heteroatoms. The smallest absolute Gasteiger partial charge is 0.354 e. The second-order valence-electron chi connectivity index (χ2n) is 4.71. The molecule has 2 rings (SSSR count). The first-order chi connectivity index (χ1) is 8.62. The Bertz CT molecular complexity index is 266. The highest BCUT2D eigenvalue weighted by atomic mass is 28.5. The molecule has 0 spiro atoms. The van der Waals surface area contributed by atoms with Gasteiger partial charge in [0.15, 0.2) is 5.22 Å². The standard InChI is InChI=1S/C8H22O6Si4/c1-4-5-9-6-8(7-10-8)18(3)13-15-11-17(2)12-16-14-18/h17H,4-7,15-16H2,1-3H3. The SMILES string of the molecule is CCCOCC1([Si]2(C)O[SiH2]O[SiH](C)O[SiH2]O2)CO1. The molecule has 2 fully saturated rings. The lowest BCUT2D eigenvalue weighted by molar-refractivity contribution is 0.0890. The minimum Gasteiger partial charge on any atom is -0.423 e. The summed E-state index contributed by atoms with van der Waals surface area (Å²) >= 11 is 0. The van der Waals surface area contributed by atoms with Crippen LogP contribution in [0.5, 0.6) is 0 Å². The predicted octanol–water partition coefficient (Wildman–Crippen LogP) is -1.28. The predicted molar refractivity (Wildman–Crippen MR) is 75.9 cm³/mol. The van der Waals surface area contributed by atoms with Gasteiger partial charge in [-0.1, -0.05) is 6.92 Å². The molecule has 0 saturated carbocycles. The average Bonchev–Trinajstić information content (AvgIpc) is 3.09. The summed E-state index contributed by atoms with van der Waals surface area (Å²) in [4.78, 5) is 0. The van der Waals surface area contributed by atoms with Crippen LogP contribution in [-0.2, 0) is 25.9 Å². The van der Waals surface area contributed by atoms with E-state index in [1.54, 1.807) is 0 Å². The van der Waals surface area contributed by atoms with Gasteiger partial charge in [0.25, 0.3) is 29.3 Å². The summed E-state index contributed by atoms with van der Waals surface area (Å²) in [5.74, 6) is 0. The number of hydrogen-bond donors (Lipinski definition) is 0. The minimum absolute atomic E-state index is 0.322. The summed E-state index contributed by atoms with van der Waals surface area (Å²) in [6, 6.07) is 0. The molecule has 1 unspecified atom stereocenters. The van der Waals surface area contributed by atoms with Gasteiger partial charge in [-0.3, -0.25) is 0 Å². The van der Waals surface area contributed by atoms with E-state index in [4.69, 9.17) is 25.9 Å². The first kappa shape index (κ1) is 15.0. The van der Waals surface area contributed by atoms with Crippen LogP contribution in [0.15, 0.2) is 0 Å². The Kier molecular flexibility index (Phi) is 5.33. The summed E-state index contributed by atoms with van der Waals surface area (Å²) < 4.78 is 34.6. The van der Waals surface area contributed by atoms with Crippen molar-refractivity contribution in [2.75, 3.05) is 19.8 Å². The van der Waals surface area contributed by atoms with Crippen molar-refractivity contribution in [3.05, 3.63) is 0 Å². The Morgan fingerprint density at radius 1 is 1.33 bits per heavy atom. The summed E-state index contributed by atoms with van der Waals surface area (Å²) in [7, 11) is -5.85. The molecule has 2 heterocycles. The van der Waals surface area contributed by atoms with Crippen LogP contribution in [0.2, 0.25) is 13.1 Å². The molecule has 6 nitrogen and oxygen atoms in total. The largest absolute Gasteiger partial charge is 0.423 e. The van der Waals surface area contributed by atoms with Gasteiger partial charge in [0.1, 0.15) is 0 Å². The van der Waals surface area contributed by atoms with Crippen LogP contribution >= 0.6 is 0 Å². The van der Waals surface area contributed by atoms with Crippen molar-refractivity contribution < 1.29 is 25.9 Å². The lowest BCUT2D eigenvalue weighted by Crippen LogP contribution is -2.59. The lowest BCUT2D eigenvalue weighted by Gasteiger charge is -2.35. The van der Waals surface area contributed by atoms with Crippen LogP contribution in [-0.4, -0.2) is 62.9 Å². The maximum absolute atomic E-state index is 6.02. The maximum Gasteiger partial charge on any atom is 0.354 e. The summed E-state index contributed by atoms with van der Waals surface area (Å²) in [6.45, 7) is 8.16. The number of ether oxygens (including phenoxy) is 2. The first-order valence-corrected chi connectivity index (χ1v) is 13.1. The van der Waals surface area contributed by atoms with Crippen LogP contribution in [0.3, 0.4) is 0 Å². The van der Waals surface area contributed by atoms with E-state index < -0.39 is 37.9 Å². The van der Waals surface area contributed by atoms with Crippen LogP contribution < -0.4 is 0 Å². The van der Waals surface area contributed by atoms with Crippen LogP contribution in [0.1, 0.15) is 13.3 Å². The van der Waals surface area contributed by atoms with Crippen LogP contribution in [0.4, 0.5) is 0 Å². The molecular weight excluding hydrogens is 304 g/mol. The Morgan fingerprint density at radius 3 is 2.44 bits per heavy atom. The van der Waals surface area contributed by atoms with Crippen molar-refractivity contribution in [3.63, 3.8) is 0 Å². The molecule has 0 aromatic heterocycles. The van der Waals surface area contributed by atoms with Gasteiger partial charge in [0, 0.05) is 6.61 Å². The molecule has 0 aliphatic carbocycles. The average molecular weight is 327 g/mol. The lowest BCUT2D eigenvalue weighted by atomic mass is 10.5. The van der Waals surface area contributed by atoms with Gasteiger partial charge in [-0.25, -0.2) is 0 Å². The van der Waals surface area contributed by atoms with E-state index >= 15 is 0 Å². The quantitative estimate of drug-likeness (QED) is 0.356. The highest BCUT2D eigenvalue weighted by molar-refractivity contribution is 6.78. The molecule has 106 valence electrons. The molecule has 0 bridgehead atoms. The Balaban J connectivity index is 1.92. The molecule has 0 radical (unpaired) electrons. The van der Waals surface area contributed by atoms with E-state index in [0.717, 1.165) is 13.0 Å². The Labute approximate surface area is 115 Å². The molecule has 2 aliphatic rings. The van der Waals surface area contributed by atoms with Gasteiger partial charge in [-0.15, -0.1) is 0 Å². The second kappa shape index (κ2) is 6.39. The molecule has 1 atom stereocenters. The van der Waals surface area contributed by atoms with Crippen molar-refractivity contribution in [2.24, 2.45) is 0 Å². The third-order valence-electron chi connectivity index (χ3n) is 3.28. The van der Waals surface area contributed by atoms with E-state index in [9.17, 15) is 0 Å². The zero-order valence-corrected chi connectivity index (χ0v) is 16.3. The van der Waals surface area contributed by atoms with E-state index in [1.807, 2.05) is 6.55 Å². The van der Waals surface area contributed by atoms with Gasteiger partial charge >= 0.3 is 8.56 Å². The fraction of sp³-hybridized carbons (Fsp3) is 1.00. The van der Waals surface area contributed by atoms with Gasteiger partial charge < -0.3 is 25.9 Å². The number of rotatable bonds is 5. The van der Waals surface area contributed by atoms with Crippen LogP contribution in [0, 0.1) is 0 Å². The topological polar surface area (TPSA) is 58.7 Å². The van der Waals surface area contributed by atoms with Gasteiger partial charge in [0.05, 0.1) is 13.2 Å². The molecule has 2 saturated heterocycles. The van der Waals surface area contributed by atoms with Crippen molar-refractivity contribution in [2.45, 2.75) is 31.7 Å². The fourth-order valence-corrected chi connectivity index (χ4v) is 12.3. The van der Waals surface area contributed by atoms with Crippen molar-refractivity contribution in [3.8, 4) is 0 Å². The number of hydrogen-bond acceptors (Lipinski definition) is 6. The minimum atomic E-state index is -2.37. The second-order valence-corrected chi connectivity index (χ2v) is 14.1. The van der Waals surface area contributed by atoms with Crippen molar-refractivity contribution in [1.82, 2.24) is 0 Å². The Morgan fingerprint density at radius 2 is 1.94 bits per heavy atom. The third kappa shape index (κ3) is 3.39. The summed E-state index contributed by atoms with van der Waals surface area (Å²) in [5.41, 5.74) is 0. The molecule has 0 amide bonds. The van der Waals surface area contributed by atoms with Gasteiger partial charge in [-0.2, -0.15) is 0 Å². The first-order valence-electron chi connectivity index (χ1n) is 6.35. The highest BCUT2D eigenvalue weighted by Crippen LogP contribution is 2.39. The molecule has 0 N–H and O–H groups in total. The number of epoxide rings is 1. The third-order valence-corrected chi connectivity index (χ3v) is 15.6. The van der Waals surface area contributed by atoms with Gasteiger partial charge in [-0.05, 0) is 19.5 Å². The maximum atomic E-state index is 6.02. The van der Waals surface area contributed by atoms with E-state index in [0.29, 0.717) is 13.2 Å². The molecule has 0 aromatic carbocycles. The van der Waals surface area contributed by atoms with Crippen LogP contribution in [0.25, 0.3) is 0 Å². The summed E-state index contributed by atoms with van der Waals surface area (Å²) in [5, 5.41) is -0.322. The van der Waals surface area contributed by atoms with Crippen molar-refractivity contribution >= 4 is 37.9 Å². The fourth-order valence-electron chi connectivity index (χ4n) is 1.78. The zero-order chi connectivity index (χ0) is 13.1. The molecule has 2 aliphatic heterocycles. The molecule has 0 aromatic rings. The summed E-state index contributed by atoms with van der Waals surface area (Å²) in [6.07, 6.45) is 1.01. The van der Waals surface area contributed by atoms with E-state index in [2.05, 4.69) is 13.5 Å². The van der Waals surface area contributed by atoms with E-state index in [1.165, 1.54) is 0 Å². The highest BCUT2D eigenvalue weighted by Gasteiger charge is 2.65. The normalized spacial score (nSPS) is 43.8. The monoisotopic (exact) mass is 326 g/mol. The van der Waals surface area contributed by atoms with E-state index in [-0.39, 0.29) is 5.22 Å². The van der Waals surface area contributed by atoms with Crippen molar-refractivity contribution in [1.29, 1.82) is 0 Å². The zero-order valence-electron chi connectivity index (χ0n) is 11.3. The molecule has 18 heavy (non-hydrogen) atoms.